The number of aromatic nitrogens is 1. The Balaban J connectivity index is 1.55. The van der Waals surface area contributed by atoms with Crippen molar-refractivity contribution >= 4 is 23.1 Å². The van der Waals surface area contributed by atoms with Gasteiger partial charge in [-0.05, 0) is 12.8 Å². The topological polar surface area (TPSA) is 24.9 Å². The molecule has 0 aromatic carbocycles. The first-order valence-electron chi connectivity index (χ1n) is 6.71. The molecule has 1 aliphatic carbocycles. The number of nitrogens with zero attached hydrogens (tertiary/aromatic N) is 1. The Kier molecular flexibility index (Phi) is 4.04. The predicted octanol–water partition coefficient (Wildman–Crippen LogP) is 3.35. The Bertz CT molecular complexity index is 346. The molecule has 1 N–H and O–H groups in total. The first-order chi connectivity index (χ1) is 8.42. The molecule has 3 rings (SSSR count). The molecular formula is C13H20N2S2. The van der Waals surface area contributed by atoms with Crippen LogP contribution in [0.15, 0.2) is 0 Å². The van der Waals surface area contributed by atoms with Gasteiger partial charge in [-0.15, -0.1) is 11.3 Å². The van der Waals surface area contributed by atoms with Crippen LogP contribution in [-0.4, -0.2) is 16.8 Å². The number of hydrogen-bond donors (Lipinski definition) is 1. The third kappa shape index (κ3) is 3.04. The van der Waals surface area contributed by atoms with E-state index in [1.807, 2.05) is 11.3 Å². The first-order valence-corrected chi connectivity index (χ1v) is 8.58. The van der Waals surface area contributed by atoms with Crippen LogP contribution in [0.4, 0.5) is 0 Å². The summed E-state index contributed by atoms with van der Waals surface area (Å²) in [6, 6.07) is 0. The van der Waals surface area contributed by atoms with Gasteiger partial charge in [-0.25, -0.2) is 4.98 Å². The molecule has 2 heterocycles. The molecular weight excluding hydrogens is 248 g/mol. The lowest BCUT2D eigenvalue weighted by atomic mass is 10.0. The molecule has 2 aliphatic rings. The van der Waals surface area contributed by atoms with Crippen LogP contribution in [0.1, 0.15) is 47.7 Å². The van der Waals surface area contributed by atoms with Crippen LogP contribution >= 0.6 is 23.1 Å². The van der Waals surface area contributed by atoms with Crippen LogP contribution in [0.5, 0.6) is 0 Å². The van der Waals surface area contributed by atoms with E-state index < -0.39 is 0 Å². The Morgan fingerprint density at radius 2 is 2.18 bits per heavy atom. The Morgan fingerprint density at radius 3 is 3.00 bits per heavy atom. The molecule has 2 nitrogen and oxygen atoms in total. The summed E-state index contributed by atoms with van der Waals surface area (Å²) < 4.78 is 0. The van der Waals surface area contributed by atoms with Gasteiger partial charge in [0.25, 0.3) is 0 Å². The summed E-state index contributed by atoms with van der Waals surface area (Å²) in [6.07, 6.45) is 8.31. The van der Waals surface area contributed by atoms with Crippen LogP contribution in [0, 0.1) is 0 Å². The lowest BCUT2D eigenvalue weighted by Gasteiger charge is -2.20. The smallest absolute Gasteiger partial charge is 0.103 e. The normalized spacial score (nSPS) is 21.4. The van der Waals surface area contributed by atoms with Crippen LogP contribution in [-0.2, 0) is 18.7 Å². The zero-order chi connectivity index (χ0) is 11.5. The maximum absolute atomic E-state index is 4.79. The minimum absolute atomic E-state index is 0.905. The van der Waals surface area contributed by atoms with Gasteiger partial charge in [0.1, 0.15) is 5.01 Å². The van der Waals surface area contributed by atoms with Gasteiger partial charge in [0.05, 0.1) is 5.69 Å². The zero-order valence-corrected chi connectivity index (χ0v) is 11.8. The van der Waals surface area contributed by atoms with E-state index in [0.717, 1.165) is 30.5 Å². The largest absolute Gasteiger partial charge is 0.311 e. The maximum atomic E-state index is 4.79. The van der Waals surface area contributed by atoms with Crippen molar-refractivity contribution < 1.29 is 0 Å². The van der Waals surface area contributed by atoms with E-state index in [9.17, 15) is 0 Å². The number of nitrogens with one attached hydrogen (secondary N) is 1. The number of hydrogen-bond acceptors (Lipinski definition) is 4. The van der Waals surface area contributed by atoms with E-state index in [2.05, 4.69) is 17.1 Å². The lowest BCUT2D eigenvalue weighted by molar-refractivity contribution is 0.516. The molecule has 0 atom stereocenters. The Labute approximate surface area is 112 Å². The molecule has 94 valence electrons. The van der Waals surface area contributed by atoms with Crippen LogP contribution in [0.3, 0.4) is 0 Å². The van der Waals surface area contributed by atoms with Gasteiger partial charge in [0.15, 0.2) is 0 Å². The van der Waals surface area contributed by atoms with Crippen molar-refractivity contribution in [2.45, 2.75) is 56.1 Å². The molecule has 0 spiro atoms. The standard InChI is InChI=1S/C13H20N2S2/c1-2-4-10(5-3-1)16-9-13-15-11-6-7-14-8-12(11)17-13/h10,14H,1-9H2. The molecule has 0 saturated heterocycles. The van der Waals surface area contributed by atoms with Crippen LogP contribution in [0.2, 0.25) is 0 Å². The number of fused-ring (bicyclic) bond motifs is 1. The summed E-state index contributed by atoms with van der Waals surface area (Å²) in [7, 11) is 0. The monoisotopic (exact) mass is 268 g/mol. The van der Waals surface area contributed by atoms with Crippen LogP contribution in [0.25, 0.3) is 0 Å². The SMILES string of the molecule is C1CCC(SCc2nc3c(s2)CNCC3)CC1. The highest BCUT2D eigenvalue weighted by atomic mass is 32.2. The third-order valence-electron chi connectivity index (χ3n) is 3.64. The fraction of sp³-hybridized carbons (Fsp3) is 0.769. The van der Waals surface area contributed by atoms with E-state index in [-0.39, 0.29) is 0 Å². The summed E-state index contributed by atoms with van der Waals surface area (Å²) >= 11 is 4.07. The highest BCUT2D eigenvalue weighted by Crippen LogP contribution is 2.32. The molecule has 0 bridgehead atoms. The summed E-state index contributed by atoms with van der Waals surface area (Å²) in [5.41, 5.74) is 1.37. The average molecular weight is 268 g/mol. The quantitative estimate of drug-likeness (QED) is 0.910. The molecule has 1 aromatic heterocycles. The minimum Gasteiger partial charge on any atom is -0.311 e. The van der Waals surface area contributed by atoms with E-state index >= 15 is 0 Å². The molecule has 1 aliphatic heterocycles. The molecule has 17 heavy (non-hydrogen) atoms. The fourth-order valence-corrected chi connectivity index (χ4v) is 5.09. The molecule has 1 fully saturated rings. The number of rotatable bonds is 3. The van der Waals surface area contributed by atoms with E-state index in [1.54, 1.807) is 0 Å². The highest BCUT2D eigenvalue weighted by molar-refractivity contribution is 7.99. The van der Waals surface area contributed by atoms with Crippen molar-refractivity contribution in [2.24, 2.45) is 0 Å². The molecule has 4 heteroatoms. The van der Waals surface area contributed by atoms with Gasteiger partial charge >= 0.3 is 0 Å². The first kappa shape index (κ1) is 12.0. The fourth-order valence-electron chi connectivity index (χ4n) is 2.66. The second kappa shape index (κ2) is 5.72. The molecule has 1 aromatic rings. The maximum Gasteiger partial charge on any atom is 0.103 e. The van der Waals surface area contributed by atoms with Crippen molar-refractivity contribution in [3.63, 3.8) is 0 Å². The highest BCUT2D eigenvalue weighted by Gasteiger charge is 2.17. The van der Waals surface area contributed by atoms with Gasteiger partial charge in [-0.1, -0.05) is 19.3 Å². The van der Waals surface area contributed by atoms with Gasteiger partial charge in [-0.2, -0.15) is 11.8 Å². The molecule has 0 amide bonds. The second-order valence-corrected chi connectivity index (χ2v) is 7.43. The third-order valence-corrected chi connectivity index (χ3v) is 6.30. The average Bonchev–Trinajstić information content (AvgIpc) is 2.80. The summed E-state index contributed by atoms with van der Waals surface area (Å²) in [4.78, 5) is 6.27. The van der Waals surface area contributed by atoms with Crippen molar-refractivity contribution in [1.29, 1.82) is 0 Å². The Hall–Kier alpha value is -0.0600. The van der Waals surface area contributed by atoms with Gasteiger partial charge < -0.3 is 5.32 Å². The van der Waals surface area contributed by atoms with Crippen LogP contribution < -0.4 is 5.32 Å². The minimum atomic E-state index is 0.905. The number of thiazole rings is 1. The molecule has 1 saturated carbocycles. The summed E-state index contributed by atoms with van der Waals surface area (Å²) in [5.74, 6) is 1.14. The van der Waals surface area contributed by atoms with Gasteiger partial charge in [-0.3, -0.25) is 0 Å². The van der Waals surface area contributed by atoms with Gasteiger partial charge in [0, 0.05) is 35.4 Å². The number of thioether (sulfide) groups is 1. The van der Waals surface area contributed by atoms with Crippen molar-refractivity contribution in [1.82, 2.24) is 10.3 Å². The van der Waals surface area contributed by atoms with E-state index in [4.69, 9.17) is 4.98 Å². The zero-order valence-electron chi connectivity index (χ0n) is 10.2. The molecule has 0 radical (unpaired) electrons. The molecule has 0 unspecified atom stereocenters. The van der Waals surface area contributed by atoms with Crippen molar-refractivity contribution in [3.05, 3.63) is 15.6 Å². The Morgan fingerprint density at radius 1 is 1.29 bits per heavy atom. The predicted molar refractivity (Wildman–Crippen MR) is 75.7 cm³/mol. The second-order valence-electron chi connectivity index (χ2n) is 4.98. The van der Waals surface area contributed by atoms with Crippen molar-refractivity contribution in [2.75, 3.05) is 6.54 Å². The summed E-state index contributed by atoms with van der Waals surface area (Å²) in [6.45, 7) is 2.15. The van der Waals surface area contributed by atoms with E-state index in [1.165, 1.54) is 47.7 Å². The summed E-state index contributed by atoms with van der Waals surface area (Å²) in [5, 5.41) is 5.68. The van der Waals surface area contributed by atoms with Gasteiger partial charge in [0.2, 0.25) is 0 Å². The van der Waals surface area contributed by atoms with Crippen molar-refractivity contribution in [3.8, 4) is 0 Å². The van der Waals surface area contributed by atoms with E-state index in [0.29, 0.717) is 0 Å². The lowest BCUT2D eigenvalue weighted by Crippen LogP contribution is -2.22.